The van der Waals surface area contributed by atoms with E-state index >= 15 is 0 Å². The first-order valence-corrected chi connectivity index (χ1v) is 5.32. The van der Waals surface area contributed by atoms with Crippen molar-refractivity contribution in [3.8, 4) is 5.75 Å². The highest BCUT2D eigenvalue weighted by molar-refractivity contribution is 5.83. The largest absolute Gasteiger partial charge is 0.508 e. The summed E-state index contributed by atoms with van der Waals surface area (Å²) in [6, 6.07) is 4.80. The predicted octanol–water partition coefficient (Wildman–Crippen LogP) is 2.79. The number of hydrogen-bond donors (Lipinski definition) is 2. The van der Waals surface area contributed by atoms with Crippen LogP contribution in [0.3, 0.4) is 0 Å². The average molecular weight is 234 g/mol. The molecule has 0 aliphatic carbocycles. The molecular weight excluding hydrogens is 220 g/mol. The van der Waals surface area contributed by atoms with Crippen molar-refractivity contribution in [1.82, 2.24) is 0 Å². The van der Waals surface area contributed by atoms with Crippen molar-refractivity contribution in [2.24, 2.45) is 5.41 Å². The maximum absolute atomic E-state index is 11.1. The minimum atomic E-state index is -0.859. The molecule has 2 rings (SSSR count). The first kappa shape index (κ1) is 11.5. The second-order valence-electron chi connectivity index (χ2n) is 4.81. The molecule has 0 aliphatic heterocycles. The van der Waals surface area contributed by atoms with Gasteiger partial charge < -0.3 is 14.6 Å². The highest BCUT2D eigenvalue weighted by atomic mass is 16.4. The molecule has 0 unspecified atom stereocenters. The number of carbonyl (C=O) groups is 1. The number of aliphatic carboxylic acids is 1. The molecule has 90 valence electrons. The Morgan fingerprint density at radius 1 is 1.41 bits per heavy atom. The maximum Gasteiger partial charge on any atom is 0.309 e. The van der Waals surface area contributed by atoms with Gasteiger partial charge in [-0.1, -0.05) is 0 Å². The SMILES string of the molecule is CC(C)(Cc1coc2ccc(O)cc12)C(=O)O. The smallest absolute Gasteiger partial charge is 0.309 e. The molecular formula is C13H14O4. The molecule has 0 saturated carbocycles. The van der Waals surface area contributed by atoms with E-state index in [2.05, 4.69) is 0 Å². The van der Waals surface area contributed by atoms with Crippen molar-refractivity contribution in [2.45, 2.75) is 20.3 Å². The first-order chi connectivity index (χ1) is 7.90. The van der Waals surface area contributed by atoms with Gasteiger partial charge in [-0.2, -0.15) is 0 Å². The molecule has 1 heterocycles. The summed E-state index contributed by atoms with van der Waals surface area (Å²) in [5.74, 6) is -0.708. The number of carboxylic acid groups (broad SMARTS) is 1. The monoisotopic (exact) mass is 234 g/mol. The van der Waals surface area contributed by atoms with Gasteiger partial charge in [0.15, 0.2) is 0 Å². The molecule has 0 atom stereocenters. The summed E-state index contributed by atoms with van der Waals surface area (Å²) in [4.78, 5) is 11.1. The van der Waals surface area contributed by atoms with E-state index in [0.29, 0.717) is 12.0 Å². The lowest BCUT2D eigenvalue weighted by atomic mass is 9.86. The molecule has 2 N–H and O–H groups in total. The summed E-state index contributed by atoms with van der Waals surface area (Å²) < 4.78 is 5.33. The van der Waals surface area contributed by atoms with Crippen LogP contribution >= 0.6 is 0 Å². The van der Waals surface area contributed by atoms with Gasteiger partial charge in [0.2, 0.25) is 0 Å². The topological polar surface area (TPSA) is 70.7 Å². The number of carboxylic acids is 1. The summed E-state index contributed by atoms with van der Waals surface area (Å²) in [6.07, 6.45) is 1.91. The normalized spacial score (nSPS) is 11.9. The summed E-state index contributed by atoms with van der Waals surface area (Å²) in [7, 11) is 0. The van der Waals surface area contributed by atoms with Crippen LogP contribution in [0.4, 0.5) is 0 Å². The summed E-state index contributed by atoms with van der Waals surface area (Å²) >= 11 is 0. The third-order valence-electron chi connectivity index (χ3n) is 2.85. The van der Waals surface area contributed by atoms with Gasteiger partial charge in [0.25, 0.3) is 0 Å². The molecule has 0 fully saturated rings. The zero-order valence-corrected chi connectivity index (χ0v) is 9.73. The van der Waals surface area contributed by atoms with E-state index in [4.69, 9.17) is 9.52 Å². The fraction of sp³-hybridized carbons (Fsp3) is 0.308. The standard InChI is InChI=1S/C13H14O4/c1-13(2,12(15)16)6-8-7-17-11-4-3-9(14)5-10(8)11/h3-5,7,14H,6H2,1-2H3,(H,15,16). The van der Waals surface area contributed by atoms with Crippen molar-refractivity contribution in [3.63, 3.8) is 0 Å². The molecule has 0 spiro atoms. The number of aromatic hydroxyl groups is 1. The Kier molecular flexibility index (Phi) is 2.58. The molecule has 0 radical (unpaired) electrons. The molecule has 0 amide bonds. The van der Waals surface area contributed by atoms with E-state index in [1.807, 2.05) is 0 Å². The minimum absolute atomic E-state index is 0.147. The highest BCUT2D eigenvalue weighted by Crippen LogP contribution is 2.30. The number of fused-ring (bicyclic) bond motifs is 1. The van der Waals surface area contributed by atoms with Gasteiger partial charge in [0.1, 0.15) is 11.3 Å². The number of hydrogen-bond acceptors (Lipinski definition) is 3. The van der Waals surface area contributed by atoms with Gasteiger partial charge in [-0.25, -0.2) is 0 Å². The molecule has 0 aliphatic rings. The van der Waals surface area contributed by atoms with Crippen molar-refractivity contribution >= 4 is 16.9 Å². The Morgan fingerprint density at radius 2 is 2.12 bits per heavy atom. The van der Waals surface area contributed by atoms with Crippen LogP contribution < -0.4 is 0 Å². The number of benzene rings is 1. The zero-order valence-electron chi connectivity index (χ0n) is 9.73. The Balaban J connectivity index is 2.43. The van der Waals surface area contributed by atoms with Crippen LogP contribution in [0, 0.1) is 5.41 Å². The lowest BCUT2D eigenvalue weighted by Crippen LogP contribution is -2.26. The average Bonchev–Trinajstić information content (AvgIpc) is 2.60. The van der Waals surface area contributed by atoms with Crippen LogP contribution in [0.1, 0.15) is 19.4 Å². The summed E-state index contributed by atoms with van der Waals surface area (Å²) in [5.41, 5.74) is 0.588. The van der Waals surface area contributed by atoms with Crippen molar-refractivity contribution in [2.75, 3.05) is 0 Å². The third-order valence-corrected chi connectivity index (χ3v) is 2.85. The van der Waals surface area contributed by atoms with Crippen LogP contribution in [-0.2, 0) is 11.2 Å². The number of rotatable bonds is 3. The summed E-state index contributed by atoms with van der Waals surface area (Å²) in [6.45, 7) is 3.33. The second-order valence-corrected chi connectivity index (χ2v) is 4.81. The minimum Gasteiger partial charge on any atom is -0.508 e. The van der Waals surface area contributed by atoms with Crippen LogP contribution in [0.2, 0.25) is 0 Å². The van der Waals surface area contributed by atoms with E-state index < -0.39 is 11.4 Å². The fourth-order valence-corrected chi connectivity index (χ4v) is 1.76. The fourth-order valence-electron chi connectivity index (χ4n) is 1.76. The van der Waals surface area contributed by atoms with Crippen LogP contribution in [-0.4, -0.2) is 16.2 Å². The lowest BCUT2D eigenvalue weighted by molar-refractivity contribution is -0.146. The molecule has 17 heavy (non-hydrogen) atoms. The van der Waals surface area contributed by atoms with E-state index in [0.717, 1.165) is 10.9 Å². The van der Waals surface area contributed by atoms with Gasteiger partial charge in [0.05, 0.1) is 11.7 Å². The Morgan fingerprint density at radius 3 is 2.76 bits per heavy atom. The van der Waals surface area contributed by atoms with Gasteiger partial charge in [-0.3, -0.25) is 4.79 Å². The van der Waals surface area contributed by atoms with E-state index in [1.165, 1.54) is 6.07 Å². The molecule has 4 nitrogen and oxygen atoms in total. The van der Waals surface area contributed by atoms with E-state index in [1.54, 1.807) is 32.2 Å². The zero-order chi connectivity index (χ0) is 12.6. The molecule has 4 heteroatoms. The number of furan rings is 1. The van der Waals surface area contributed by atoms with Gasteiger partial charge in [-0.15, -0.1) is 0 Å². The second kappa shape index (κ2) is 3.80. The van der Waals surface area contributed by atoms with Gasteiger partial charge in [0, 0.05) is 5.39 Å². The van der Waals surface area contributed by atoms with Gasteiger partial charge in [-0.05, 0) is 44.0 Å². The molecule has 0 saturated heterocycles. The van der Waals surface area contributed by atoms with Crippen molar-refractivity contribution in [1.29, 1.82) is 0 Å². The number of phenolic OH excluding ortho intramolecular Hbond substituents is 1. The summed E-state index contributed by atoms with van der Waals surface area (Å²) in [5, 5.41) is 19.3. The Bertz CT molecular complexity index is 566. The third kappa shape index (κ3) is 2.11. The van der Waals surface area contributed by atoms with E-state index in [-0.39, 0.29) is 5.75 Å². The lowest BCUT2D eigenvalue weighted by Gasteiger charge is -2.17. The maximum atomic E-state index is 11.1. The Labute approximate surface area is 98.5 Å². The molecule has 1 aromatic carbocycles. The Hall–Kier alpha value is -1.97. The molecule has 0 bridgehead atoms. The molecule has 1 aromatic heterocycles. The van der Waals surface area contributed by atoms with Crippen molar-refractivity contribution < 1.29 is 19.4 Å². The van der Waals surface area contributed by atoms with Crippen LogP contribution in [0.15, 0.2) is 28.9 Å². The predicted molar refractivity (Wildman–Crippen MR) is 63.0 cm³/mol. The molecule has 2 aromatic rings. The van der Waals surface area contributed by atoms with Crippen LogP contribution in [0.5, 0.6) is 5.75 Å². The van der Waals surface area contributed by atoms with E-state index in [9.17, 15) is 9.90 Å². The van der Waals surface area contributed by atoms with Gasteiger partial charge >= 0.3 is 5.97 Å². The first-order valence-electron chi connectivity index (χ1n) is 5.32. The number of phenols is 1. The van der Waals surface area contributed by atoms with Crippen LogP contribution in [0.25, 0.3) is 11.0 Å². The van der Waals surface area contributed by atoms with Crippen molar-refractivity contribution in [3.05, 3.63) is 30.0 Å². The quantitative estimate of drug-likeness (QED) is 0.856. The highest BCUT2D eigenvalue weighted by Gasteiger charge is 2.28.